The second-order valence-electron chi connectivity index (χ2n) is 12.1. The fourth-order valence-electron chi connectivity index (χ4n) is 9.07. The van der Waals surface area contributed by atoms with Gasteiger partial charge in [0, 0.05) is 41.2 Å². The van der Waals surface area contributed by atoms with Gasteiger partial charge in [0.2, 0.25) is 5.91 Å². The van der Waals surface area contributed by atoms with Crippen molar-refractivity contribution < 1.29 is 9.53 Å². The van der Waals surface area contributed by atoms with Crippen LogP contribution in [0, 0.1) is 0 Å². The first-order valence-electron chi connectivity index (χ1n) is 14.6. The van der Waals surface area contributed by atoms with Gasteiger partial charge in [-0.1, -0.05) is 113 Å². The van der Waals surface area contributed by atoms with E-state index in [4.69, 9.17) is 4.74 Å². The molecule has 4 fully saturated rings. The molecule has 1 spiro atoms. The Labute approximate surface area is 248 Å². The first-order valence-corrected chi connectivity index (χ1v) is 15.4. The summed E-state index contributed by atoms with van der Waals surface area (Å²) in [7, 11) is 0. The van der Waals surface area contributed by atoms with E-state index >= 15 is 0 Å². The standard InChI is InChI=1S/C35H30BrN3O2/c36-27-17-9-7-15-25(27)34-31-19-29-33(40)38(20-24(22-11-3-1-4-12-22)23-13-5-2-6-14-23)21-30(39(29)34)32-35(34,41-31)26-16-8-10-18-28(26)37-32/h1-18,24,29-32,37H,19-21H2/t29-,30-,31?,32?,34?,35?/m0/s1. The van der Waals surface area contributed by atoms with Crippen LogP contribution in [0.3, 0.4) is 0 Å². The molecule has 5 nitrogen and oxygen atoms in total. The molecule has 0 bridgehead atoms. The molecule has 4 aromatic rings. The SMILES string of the molecule is O=C1[C@@H]2CC3OC45c6ccccc6NC4[C@H](CN1CC(c1ccccc1)c1ccccc1)N2C35c1ccccc1Br. The molecule has 9 rings (SSSR count). The molecular weight excluding hydrogens is 574 g/mol. The van der Waals surface area contributed by atoms with Gasteiger partial charge in [-0.3, -0.25) is 9.69 Å². The molecule has 0 aliphatic carbocycles. The highest BCUT2D eigenvalue weighted by molar-refractivity contribution is 9.10. The Kier molecular flexibility index (Phi) is 5.04. The van der Waals surface area contributed by atoms with E-state index in [1.54, 1.807) is 0 Å². The third-order valence-corrected chi connectivity index (χ3v) is 11.1. The summed E-state index contributed by atoms with van der Waals surface area (Å²) < 4.78 is 8.13. The maximum Gasteiger partial charge on any atom is 0.240 e. The van der Waals surface area contributed by atoms with Crippen molar-refractivity contribution in [3.05, 3.63) is 136 Å². The molecule has 41 heavy (non-hydrogen) atoms. The first-order chi connectivity index (χ1) is 20.1. The first kappa shape index (κ1) is 24.2. The van der Waals surface area contributed by atoms with Crippen LogP contribution in [0.1, 0.15) is 34.6 Å². The van der Waals surface area contributed by atoms with Gasteiger partial charge in [-0.25, -0.2) is 0 Å². The van der Waals surface area contributed by atoms with E-state index in [2.05, 4.69) is 140 Å². The van der Waals surface area contributed by atoms with Crippen molar-refractivity contribution in [1.29, 1.82) is 0 Å². The number of benzene rings is 4. The molecule has 5 heterocycles. The molecular formula is C35H30BrN3O2. The molecule has 1 N–H and O–H groups in total. The molecule has 0 radical (unpaired) electrons. The van der Waals surface area contributed by atoms with Crippen molar-refractivity contribution in [2.24, 2.45) is 0 Å². The zero-order valence-electron chi connectivity index (χ0n) is 22.5. The highest BCUT2D eigenvalue weighted by Crippen LogP contribution is 2.75. The van der Waals surface area contributed by atoms with Gasteiger partial charge in [0.1, 0.15) is 11.1 Å². The van der Waals surface area contributed by atoms with Crippen molar-refractivity contribution in [2.75, 3.05) is 18.4 Å². The predicted octanol–water partition coefficient (Wildman–Crippen LogP) is 5.86. The Morgan fingerprint density at radius 3 is 2.20 bits per heavy atom. The zero-order chi connectivity index (χ0) is 27.3. The molecule has 204 valence electrons. The van der Waals surface area contributed by atoms with E-state index in [0.29, 0.717) is 19.5 Å². The number of hydrogen-bond acceptors (Lipinski definition) is 4. The Bertz CT molecular complexity index is 1640. The van der Waals surface area contributed by atoms with Gasteiger partial charge in [-0.2, -0.15) is 0 Å². The van der Waals surface area contributed by atoms with Crippen LogP contribution in [-0.2, 0) is 20.7 Å². The number of para-hydroxylation sites is 1. The number of fused-ring (bicyclic) bond motifs is 2. The number of piperazine rings is 1. The lowest BCUT2D eigenvalue weighted by Gasteiger charge is -2.59. The topological polar surface area (TPSA) is 44.8 Å². The van der Waals surface area contributed by atoms with Crippen LogP contribution in [-0.4, -0.2) is 53.0 Å². The van der Waals surface area contributed by atoms with Crippen LogP contribution < -0.4 is 5.32 Å². The second kappa shape index (κ2) is 8.54. The van der Waals surface area contributed by atoms with Gasteiger partial charge in [0.15, 0.2) is 0 Å². The lowest BCUT2D eigenvalue weighted by Crippen LogP contribution is -2.70. The summed E-state index contributed by atoms with van der Waals surface area (Å²) in [5, 5.41) is 3.91. The molecule has 4 saturated heterocycles. The number of nitrogens with one attached hydrogen (secondary N) is 1. The average Bonchev–Trinajstić information content (AvgIpc) is 3.55. The third-order valence-electron chi connectivity index (χ3n) is 10.5. The van der Waals surface area contributed by atoms with Crippen molar-refractivity contribution in [3.63, 3.8) is 0 Å². The van der Waals surface area contributed by atoms with Gasteiger partial charge < -0.3 is 15.0 Å². The number of carbonyl (C=O) groups is 1. The summed E-state index contributed by atoms with van der Waals surface area (Å²) in [5.74, 6) is 0.336. The van der Waals surface area contributed by atoms with E-state index < -0.39 is 11.1 Å². The number of ether oxygens (including phenoxy) is 1. The van der Waals surface area contributed by atoms with Crippen LogP contribution >= 0.6 is 15.9 Å². The number of hydrogen-bond donors (Lipinski definition) is 1. The summed E-state index contributed by atoms with van der Waals surface area (Å²) in [4.78, 5) is 19.2. The number of amides is 1. The molecule has 0 saturated carbocycles. The highest BCUT2D eigenvalue weighted by Gasteiger charge is 2.87. The smallest absolute Gasteiger partial charge is 0.240 e. The summed E-state index contributed by atoms with van der Waals surface area (Å²) in [6.45, 7) is 1.33. The second-order valence-corrected chi connectivity index (χ2v) is 13.0. The van der Waals surface area contributed by atoms with Gasteiger partial charge in [0.05, 0.1) is 24.2 Å². The number of nitrogens with zero attached hydrogens (tertiary/aromatic N) is 2. The van der Waals surface area contributed by atoms with Crippen LogP contribution in [0.4, 0.5) is 5.69 Å². The van der Waals surface area contributed by atoms with E-state index in [1.807, 2.05) is 0 Å². The molecule has 6 atom stereocenters. The molecule has 4 aromatic carbocycles. The van der Waals surface area contributed by atoms with Crippen molar-refractivity contribution in [1.82, 2.24) is 9.80 Å². The fourth-order valence-corrected chi connectivity index (χ4v) is 9.66. The highest BCUT2D eigenvalue weighted by atomic mass is 79.9. The Balaban J connectivity index is 1.17. The molecule has 0 aromatic heterocycles. The summed E-state index contributed by atoms with van der Waals surface area (Å²) in [6.07, 6.45) is 0.667. The predicted molar refractivity (Wildman–Crippen MR) is 162 cm³/mol. The average molecular weight is 605 g/mol. The Morgan fingerprint density at radius 1 is 0.854 bits per heavy atom. The van der Waals surface area contributed by atoms with Crippen LogP contribution in [0.25, 0.3) is 0 Å². The van der Waals surface area contributed by atoms with Crippen molar-refractivity contribution >= 4 is 27.5 Å². The van der Waals surface area contributed by atoms with Crippen LogP contribution in [0.2, 0.25) is 0 Å². The molecule has 1 amide bonds. The monoisotopic (exact) mass is 603 g/mol. The number of rotatable bonds is 5. The number of halogens is 1. The quantitative estimate of drug-likeness (QED) is 0.310. The third kappa shape index (κ3) is 2.91. The minimum Gasteiger partial charge on any atom is -0.377 e. The lowest BCUT2D eigenvalue weighted by atomic mass is 9.63. The van der Waals surface area contributed by atoms with Crippen LogP contribution in [0.15, 0.2) is 114 Å². The normalized spacial score (nSPS) is 32.3. The number of carbonyl (C=O) groups excluding carboxylic acids is 1. The fraction of sp³-hybridized carbons (Fsp3) is 0.286. The minimum absolute atomic E-state index is 0.0467. The number of anilines is 1. The molecule has 5 aliphatic heterocycles. The van der Waals surface area contributed by atoms with E-state index in [9.17, 15) is 4.79 Å². The van der Waals surface area contributed by atoms with Crippen molar-refractivity contribution in [2.45, 2.75) is 47.7 Å². The lowest BCUT2D eigenvalue weighted by molar-refractivity contribution is -0.287. The summed E-state index contributed by atoms with van der Waals surface area (Å²) in [5.41, 5.74) is 5.15. The minimum atomic E-state index is -0.536. The molecule has 6 heteroatoms. The van der Waals surface area contributed by atoms with Crippen molar-refractivity contribution in [3.8, 4) is 0 Å². The molecule has 5 aliphatic rings. The van der Waals surface area contributed by atoms with Gasteiger partial charge in [0.25, 0.3) is 0 Å². The van der Waals surface area contributed by atoms with Gasteiger partial charge in [-0.05, 0) is 28.8 Å². The summed E-state index contributed by atoms with van der Waals surface area (Å²) >= 11 is 3.91. The summed E-state index contributed by atoms with van der Waals surface area (Å²) in [6, 6.07) is 38.4. The van der Waals surface area contributed by atoms with Gasteiger partial charge >= 0.3 is 0 Å². The van der Waals surface area contributed by atoms with E-state index in [1.165, 1.54) is 22.3 Å². The van der Waals surface area contributed by atoms with Crippen LogP contribution in [0.5, 0.6) is 0 Å². The van der Waals surface area contributed by atoms with E-state index in [-0.39, 0.29) is 36.1 Å². The van der Waals surface area contributed by atoms with E-state index in [0.717, 1.165) is 10.2 Å². The molecule has 4 unspecified atom stereocenters. The Morgan fingerprint density at radius 2 is 1.49 bits per heavy atom. The largest absolute Gasteiger partial charge is 0.377 e. The Hall–Kier alpha value is -3.45. The maximum atomic E-state index is 14.5. The van der Waals surface area contributed by atoms with Gasteiger partial charge in [-0.15, -0.1) is 0 Å². The maximum absolute atomic E-state index is 14.5. The zero-order valence-corrected chi connectivity index (χ0v) is 24.1.